The summed E-state index contributed by atoms with van der Waals surface area (Å²) in [5, 5.41) is 0.341. The highest BCUT2D eigenvalue weighted by atomic mass is 35.5. The van der Waals surface area contributed by atoms with Crippen LogP contribution in [-0.4, -0.2) is 28.5 Å². The van der Waals surface area contributed by atoms with Gasteiger partial charge in [0.2, 0.25) is 5.91 Å². The number of ether oxygens (including phenoxy) is 1. The second-order valence-electron chi connectivity index (χ2n) is 7.55. The zero-order chi connectivity index (χ0) is 21.5. The number of halogens is 4. The lowest BCUT2D eigenvalue weighted by Crippen LogP contribution is -2.37. The zero-order valence-electron chi connectivity index (χ0n) is 16.0. The molecule has 0 spiro atoms. The maximum atomic E-state index is 13.0. The highest BCUT2D eigenvalue weighted by Crippen LogP contribution is 2.33. The van der Waals surface area contributed by atoms with Crippen molar-refractivity contribution in [3.05, 3.63) is 62.5 Å². The first-order valence-electron chi connectivity index (χ1n) is 9.77. The van der Waals surface area contributed by atoms with Crippen LogP contribution in [-0.2, 0) is 24.0 Å². The van der Waals surface area contributed by atoms with E-state index in [0.717, 1.165) is 25.0 Å². The van der Waals surface area contributed by atoms with Gasteiger partial charge in [0.05, 0.1) is 10.6 Å². The predicted molar refractivity (Wildman–Crippen MR) is 105 cm³/mol. The van der Waals surface area contributed by atoms with Crippen LogP contribution in [0.5, 0.6) is 5.75 Å². The number of benzene rings is 1. The molecule has 1 aromatic carbocycles. The van der Waals surface area contributed by atoms with E-state index in [9.17, 15) is 22.8 Å². The van der Waals surface area contributed by atoms with Gasteiger partial charge in [-0.15, -0.1) is 0 Å². The van der Waals surface area contributed by atoms with E-state index in [-0.39, 0.29) is 18.3 Å². The molecular weight excluding hydrogens is 421 g/mol. The molecule has 3 heterocycles. The molecule has 0 saturated carbocycles. The minimum atomic E-state index is -4.41. The molecule has 30 heavy (non-hydrogen) atoms. The van der Waals surface area contributed by atoms with E-state index in [1.54, 1.807) is 4.90 Å². The second-order valence-corrected chi connectivity index (χ2v) is 7.96. The first kappa shape index (κ1) is 20.8. The molecule has 2 aliphatic rings. The molecule has 0 bridgehead atoms. The lowest BCUT2D eigenvalue weighted by atomic mass is 10.1. The Balaban J connectivity index is 1.55. The minimum absolute atomic E-state index is 0.0234. The second kappa shape index (κ2) is 7.98. The number of carbonyl (C=O) groups is 1. The first-order chi connectivity index (χ1) is 14.3. The number of rotatable bonds is 4. The average Bonchev–Trinajstić information content (AvgIpc) is 3.39. The van der Waals surface area contributed by atoms with Gasteiger partial charge in [0.25, 0.3) is 5.56 Å². The van der Waals surface area contributed by atoms with Gasteiger partial charge in [-0.1, -0.05) is 23.7 Å². The number of amides is 1. The molecule has 160 valence electrons. The van der Waals surface area contributed by atoms with Crippen molar-refractivity contribution in [2.45, 2.75) is 44.5 Å². The van der Waals surface area contributed by atoms with Crippen molar-refractivity contribution in [3.8, 4) is 5.75 Å². The van der Waals surface area contributed by atoms with E-state index < -0.39 is 23.3 Å². The number of aromatic nitrogens is 1. The molecule has 5 nitrogen and oxygen atoms in total. The van der Waals surface area contributed by atoms with Crippen LogP contribution >= 0.6 is 11.6 Å². The summed E-state index contributed by atoms with van der Waals surface area (Å²) < 4.78 is 45.1. The predicted octanol–water partition coefficient (Wildman–Crippen LogP) is 4.21. The Labute approximate surface area is 176 Å². The first-order valence-corrected chi connectivity index (χ1v) is 10.1. The SMILES string of the molecule is O=C([C@@H]1CCc2c(Cl)cc(OCc3ccc(C(F)(F)F)cc3)c(=O)n21)N1CCCC1. The molecule has 1 atom stereocenters. The van der Waals surface area contributed by atoms with Crippen LogP contribution in [0.25, 0.3) is 0 Å². The van der Waals surface area contributed by atoms with Crippen molar-refractivity contribution in [3.63, 3.8) is 0 Å². The van der Waals surface area contributed by atoms with E-state index in [2.05, 4.69) is 0 Å². The summed E-state index contributed by atoms with van der Waals surface area (Å²) in [7, 11) is 0. The molecule has 0 aliphatic carbocycles. The molecule has 1 amide bonds. The van der Waals surface area contributed by atoms with Gasteiger partial charge in [-0.05, 0) is 43.4 Å². The third-order valence-electron chi connectivity index (χ3n) is 5.60. The molecule has 4 rings (SSSR count). The van der Waals surface area contributed by atoms with Gasteiger partial charge in [0.1, 0.15) is 12.6 Å². The molecule has 2 aromatic rings. The fraction of sp³-hybridized carbons (Fsp3) is 0.429. The van der Waals surface area contributed by atoms with E-state index in [0.29, 0.717) is 42.2 Å². The number of pyridine rings is 1. The van der Waals surface area contributed by atoms with Crippen molar-refractivity contribution >= 4 is 17.5 Å². The summed E-state index contributed by atoms with van der Waals surface area (Å²) in [6, 6.07) is 5.35. The minimum Gasteiger partial charge on any atom is -0.483 e. The molecule has 0 unspecified atom stereocenters. The van der Waals surface area contributed by atoms with Gasteiger partial charge in [-0.2, -0.15) is 13.2 Å². The summed E-state index contributed by atoms with van der Waals surface area (Å²) in [5.74, 6) is -0.103. The van der Waals surface area contributed by atoms with Gasteiger partial charge >= 0.3 is 6.18 Å². The highest BCUT2D eigenvalue weighted by Gasteiger charge is 2.35. The van der Waals surface area contributed by atoms with Crippen molar-refractivity contribution in [2.24, 2.45) is 0 Å². The number of alkyl halides is 3. The largest absolute Gasteiger partial charge is 0.483 e. The van der Waals surface area contributed by atoms with Crippen LogP contribution in [0.3, 0.4) is 0 Å². The molecule has 1 saturated heterocycles. The molecule has 1 fully saturated rings. The number of hydrogen-bond donors (Lipinski definition) is 0. The summed E-state index contributed by atoms with van der Waals surface area (Å²) in [4.78, 5) is 27.7. The molecule has 2 aliphatic heterocycles. The fourth-order valence-corrected chi connectivity index (χ4v) is 4.31. The van der Waals surface area contributed by atoms with Crippen LogP contribution in [0.1, 0.15) is 42.1 Å². The Bertz CT molecular complexity index is 1010. The van der Waals surface area contributed by atoms with Gasteiger partial charge in [-0.25, -0.2) is 0 Å². The third-order valence-corrected chi connectivity index (χ3v) is 5.93. The Morgan fingerprint density at radius 1 is 1.17 bits per heavy atom. The van der Waals surface area contributed by atoms with Crippen molar-refractivity contribution < 1.29 is 22.7 Å². The molecular formula is C21H20ClF3N2O3. The monoisotopic (exact) mass is 440 g/mol. The number of hydrogen-bond acceptors (Lipinski definition) is 3. The lowest BCUT2D eigenvalue weighted by Gasteiger charge is -2.22. The van der Waals surface area contributed by atoms with E-state index in [4.69, 9.17) is 16.3 Å². The van der Waals surface area contributed by atoms with Gasteiger partial charge in [0.15, 0.2) is 5.75 Å². The van der Waals surface area contributed by atoms with Crippen LogP contribution in [0, 0.1) is 0 Å². The number of likely N-dealkylation sites (tertiary alicyclic amines) is 1. The molecule has 0 N–H and O–H groups in total. The standard InChI is InChI=1S/C21H20ClF3N2O3/c22-15-11-18(30-12-13-3-5-14(6-4-13)21(23,24)25)20(29)27-16(15)7-8-17(27)19(28)26-9-1-2-10-26/h3-6,11,17H,1-2,7-10,12H2/t17-/m0/s1. The van der Waals surface area contributed by atoms with Crippen molar-refractivity contribution in [1.82, 2.24) is 9.47 Å². The Morgan fingerprint density at radius 2 is 1.83 bits per heavy atom. The Morgan fingerprint density at radius 3 is 2.47 bits per heavy atom. The fourth-order valence-electron chi connectivity index (χ4n) is 4.03. The summed E-state index contributed by atoms with van der Waals surface area (Å²) in [5.41, 5.74) is -0.110. The summed E-state index contributed by atoms with van der Waals surface area (Å²) >= 11 is 6.34. The Kier molecular flexibility index (Phi) is 5.53. The van der Waals surface area contributed by atoms with E-state index in [1.165, 1.54) is 22.8 Å². The molecule has 0 radical (unpaired) electrons. The maximum Gasteiger partial charge on any atom is 0.416 e. The Hall–Kier alpha value is -2.48. The topological polar surface area (TPSA) is 51.5 Å². The highest BCUT2D eigenvalue weighted by molar-refractivity contribution is 6.31. The maximum absolute atomic E-state index is 13.0. The number of nitrogens with zero attached hydrogens (tertiary/aromatic N) is 2. The quantitative estimate of drug-likeness (QED) is 0.715. The van der Waals surface area contributed by atoms with Crippen molar-refractivity contribution in [2.75, 3.05) is 13.1 Å². The average molecular weight is 441 g/mol. The van der Waals surface area contributed by atoms with E-state index in [1.807, 2.05) is 0 Å². The lowest BCUT2D eigenvalue weighted by molar-refractivity contribution is -0.137. The van der Waals surface area contributed by atoms with Crippen molar-refractivity contribution in [1.29, 1.82) is 0 Å². The van der Waals surface area contributed by atoms with Crippen LogP contribution < -0.4 is 10.3 Å². The molecule has 9 heteroatoms. The number of fused-ring (bicyclic) bond motifs is 1. The van der Waals surface area contributed by atoms with Gasteiger partial charge in [-0.3, -0.25) is 14.2 Å². The third kappa shape index (κ3) is 3.93. The summed E-state index contributed by atoms with van der Waals surface area (Å²) in [6.45, 7) is 1.29. The normalized spacial score (nSPS) is 18.5. The van der Waals surface area contributed by atoms with Gasteiger partial charge in [0, 0.05) is 24.8 Å². The van der Waals surface area contributed by atoms with Crippen LogP contribution in [0.2, 0.25) is 5.02 Å². The van der Waals surface area contributed by atoms with Crippen LogP contribution in [0.15, 0.2) is 35.1 Å². The number of carbonyl (C=O) groups excluding carboxylic acids is 1. The summed E-state index contributed by atoms with van der Waals surface area (Å²) in [6.07, 6.45) is -1.47. The zero-order valence-corrected chi connectivity index (χ0v) is 16.8. The van der Waals surface area contributed by atoms with Gasteiger partial charge < -0.3 is 9.64 Å². The van der Waals surface area contributed by atoms with Crippen LogP contribution in [0.4, 0.5) is 13.2 Å². The smallest absolute Gasteiger partial charge is 0.416 e. The molecule has 1 aromatic heterocycles. The van der Waals surface area contributed by atoms with E-state index >= 15 is 0 Å².